The summed E-state index contributed by atoms with van der Waals surface area (Å²) < 4.78 is 12.6. The van der Waals surface area contributed by atoms with Crippen LogP contribution in [0.2, 0.25) is 0 Å². The molecule has 0 aromatic carbocycles. The molecule has 6 nitrogen and oxygen atoms in total. The Hall–Kier alpha value is -1.92. The fraction of sp³-hybridized carbons (Fsp3) is 0.467. The molecule has 1 saturated heterocycles. The van der Waals surface area contributed by atoms with Crippen LogP contribution in [0.15, 0.2) is 24.5 Å². The normalized spacial score (nSPS) is 22.4. The minimum atomic E-state index is -0.174. The first-order valence-corrected chi connectivity index (χ1v) is 7.05. The second-order valence-corrected chi connectivity index (χ2v) is 5.27. The van der Waals surface area contributed by atoms with Gasteiger partial charge in [0.1, 0.15) is 17.4 Å². The molecule has 3 heterocycles. The highest BCUT2D eigenvalue weighted by Crippen LogP contribution is 2.13. The summed E-state index contributed by atoms with van der Waals surface area (Å²) in [6, 6.07) is 3.87. The van der Waals surface area contributed by atoms with Crippen LogP contribution in [-0.4, -0.2) is 47.8 Å². The molecule has 6 heteroatoms. The first-order valence-electron chi connectivity index (χ1n) is 7.05. The summed E-state index contributed by atoms with van der Waals surface area (Å²) in [6.07, 6.45) is 4.27. The molecular formula is C15H19N3O3. The molecule has 0 saturated carbocycles. The average Bonchev–Trinajstić information content (AvgIpc) is 2.93. The van der Waals surface area contributed by atoms with E-state index in [1.54, 1.807) is 13.3 Å². The number of pyridine rings is 1. The van der Waals surface area contributed by atoms with E-state index in [2.05, 4.69) is 10.3 Å². The van der Waals surface area contributed by atoms with Gasteiger partial charge in [0.05, 0.1) is 12.6 Å². The number of aromatic nitrogens is 2. The third kappa shape index (κ3) is 2.77. The molecule has 0 bridgehead atoms. The molecule has 1 amide bonds. The van der Waals surface area contributed by atoms with Crippen molar-refractivity contribution in [1.29, 1.82) is 0 Å². The minimum Gasteiger partial charge on any atom is -0.379 e. The zero-order valence-corrected chi connectivity index (χ0v) is 12.2. The number of ether oxygens (including phenoxy) is 2. The van der Waals surface area contributed by atoms with Gasteiger partial charge in [0.25, 0.3) is 5.91 Å². The van der Waals surface area contributed by atoms with E-state index in [-0.39, 0.29) is 18.1 Å². The van der Waals surface area contributed by atoms with E-state index in [1.165, 1.54) is 0 Å². The molecule has 2 atom stereocenters. The van der Waals surface area contributed by atoms with Gasteiger partial charge in [-0.3, -0.25) is 4.79 Å². The minimum absolute atomic E-state index is 0.0397. The predicted octanol–water partition coefficient (Wildman–Crippen LogP) is 1.18. The fourth-order valence-electron chi connectivity index (χ4n) is 2.61. The summed E-state index contributed by atoms with van der Waals surface area (Å²) in [5.41, 5.74) is 2.26. The van der Waals surface area contributed by atoms with Gasteiger partial charge in [0.2, 0.25) is 0 Å². The Morgan fingerprint density at radius 2 is 2.43 bits per heavy atom. The molecular weight excluding hydrogens is 270 g/mol. The van der Waals surface area contributed by atoms with Crippen molar-refractivity contribution in [3.8, 4) is 0 Å². The summed E-state index contributed by atoms with van der Waals surface area (Å²) in [7, 11) is 1.63. The number of aryl methyl sites for hydroxylation is 1. The van der Waals surface area contributed by atoms with Gasteiger partial charge in [0.15, 0.2) is 0 Å². The summed E-state index contributed by atoms with van der Waals surface area (Å²) in [5, 5.41) is 3.00. The standard InChI is InChI=1S/C15H19N3O3/c1-10-4-3-6-18-8-12(16-14(10)18)15(19)17-11-5-7-21-9-13(11)20-2/h3-4,6,8,11,13H,5,7,9H2,1-2H3,(H,17,19)/t11-,13-/m1/s1. The second kappa shape index (κ2) is 5.83. The molecule has 0 spiro atoms. The maximum atomic E-state index is 12.4. The first kappa shape index (κ1) is 14.0. The third-order valence-corrected chi connectivity index (χ3v) is 3.83. The quantitative estimate of drug-likeness (QED) is 0.921. The SMILES string of the molecule is CO[C@@H]1COCC[C@H]1NC(=O)c1cn2cccc(C)c2n1. The number of nitrogens with zero attached hydrogens (tertiary/aromatic N) is 2. The van der Waals surface area contributed by atoms with Crippen molar-refractivity contribution in [3.63, 3.8) is 0 Å². The average molecular weight is 289 g/mol. The van der Waals surface area contributed by atoms with Gasteiger partial charge in [-0.05, 0) is 25.0 Å². The van der Waals surface area contributed by atoms with Gasteiger partial charge in [-0.1, -0.05) is 6.07 Å². The molecule has 2 aromatic rings. The molecule has 0 aliphatic carbocycles. The number of methoxy groups -OCH3 is 1. The number of amides is 1. The van der Waals surface area contributed by atoms with Crippen molar-refractivity contribution < 1.29 is 14.3 Å². The highest BCUT2D eigenvalue weighted by Gasteiger charge is 2.28. The number of hydrogen-bond acceptors (Lipinski definition) is 4. The van der Waals surface area contributed by atoms with E-state index in [0.717, 1.165) is 17.6 Å². The van der Waals surface area contributed by atoms with Crippen LogP contribution in [-0.2, 0) is 9.47 Å². The van der Waals surface area contributed by atoms with Gasteiger partial charge in [-0.15, -0.1) is 0 Å². The van der Waals surface area contributed by atoms with E-state index in [0.29, 0.717) is 18.9 Å². The fourth-order valence-corrected chi connectivity index (χ4v) is 2.61. The smallest absolute Gasteiger partial charge is 0.271 e. The molecule has 112 valence electrons. The van der Waals surface area contributed by atoms with E-state index < -0.39 is 0 Å². The molecule has 1 N–H and O–H groups in total. The lowest BCUT2D eigenvalue weighted by Crippen LogP contribution is -2.49. The van der Waals surface area contributed by atoms with E-state index in [1.807, 2.05) is 29.7 Å². The van der Waals surface area contributed by atoms with E-state index >= 15 is 0 Å². The number of carbonyl (C=O) groups excluding carboxylic acids is 1. The van der Waals surface area contributed by atoms with Crippen molar-refractivity contribution in [2.24, 2.45) is 0 Å². The number of imidazole rings is 1. The second-order valence-electron chi connectivity index (χ2n) is 5.27. The number of fused-ring (bicyclic) bond motifs is 1. The van der Waals surface area contributed by atoms with Crippen LogP contribution in [0.1, 0.15) is 22.5 Å². The molecule has 0 unspecified atom stereocenters. The van der Waals surface area contributed by atoms with Crippen LogP contribution in [0.3, 0.4) is 0 Å². The van der Waals surface area contributed by atoms with Crippen LogP contribution >= 0.6 is 0 Å². The van der Waals surface area contributed by atoms with Crippen LogP contribution in [0.25, 0.3) is 5.65 Å². The molecule has 0 radical (unpaired) electrons. The summed E-state index contributed by atoms with van der Waals surface area (Å²) in [5.74, 6) is -0.174. The highest BCUT2D eigenvalue weighted by molar-refractivity contribution is 5.93. The topological polar surface area (TPSA) is 64.9 Å². The molecule has 1 aliphatic rings. The highest BCUT2D eigenvalue weighted by atomic mass is 16.5. The zero-order valence-electron chi connectivity index (χ0n) is 12.2. The lowest BCUT2D eigenvalue weighted by atomic mass is 10.1. The van der Waals surface area contributed by atoms with Gasteiger partial charge < -0.3 is 19.2 Å². The van der Waals surface area contributed by atoms with Crippen LogP contribution < -0.4 is 5.32 Å². The van der Waals surface area contributed by atoms with Gasteiger partial charge in [0, 0.05) is 26.1 Å². The van der Waals surface area contributed by atoms with Crippen molar-refractivity contribution in [1.82, 2.24) is 14.7 Å². The lowest BCUT2D eigenvalue weighted by Gasteiger charge is -2.30. The maximum absolute atomic E-state index is 12.4. The Kier molecular flexibility index (Phi) is 3.90. The Morgan fingerprint density at radius 3 is 3.19 bits per heavy atom. The van der Waals surface area contributed by atoms with Gasteiger partial charge in [-0.25, -0.2) is 4.98 Å². The lowest BCUT2D eigenvalue weighted by molar-refractivity contribution is -0.0479. The number of hydrogen-bond donors (Lipinski definition) is 1. The Balaban J connectivity index is 1.78. The molecule has 21 heavy (non-hydrogen) atoms. The van der Waals surface area contributed by atoms with Crippen LogP contribution in [0.4, 0.5) is 0 Å². The molecule has 1 fully saturated rings. The number of rotatable bonds is 3. The molecule has 2 aromatic heterocycles. The Labute approximate surface area is 123 Å². The van der Waals surface area contributed by atoms with Crippen LogP contribution in [0, 0.1) is 6.92 Å². The monoisotopic (exact) mass is 289 g/mol. The molecule has 3 rings (SSSR count). The Morgan fingerprint density at radius 1 is 1.57 bits per heavy atom. The summed E-state index contributed by atoms with van der Waals surface area (Å²) >= 11 is 0. The van der Waals surface area contributed by atoms with Gasteiger partial charge in [-0.2, -0.15) is 0 Å². The van der Waals surface area contributed by atoms with Crippen LogP contribution in [0.5, 0.6) is 0 Å². The number of carbonyl (C=O) groups is 1. The van der Waals surface area contributed by atoms with Gasteiger partial charge >= 0.3 is 0 Å². The third-order valence-electron chi connectivity index (χ3n) is 3.83. The number of nitrogens with one attached hydrogen (secondary N) is 1. The van der Waals surface area contributed by atoms with Crippen molar-refractivity contribution in [2.45, 2.75) is 25.5 Å². The first-order chi connectivity index (χ1) is 10.2. The zero-order chi connectivity index (χ0) is 14.8. The van der Waals surface area contributed by atoms with Crippen molar-refractivity contribution >= 4 is 11.6 Å². The van der Waals surface area contributed by atoms with E-state index in [4.69, 9.17) is 9.47 Å². The largest absolute Gasteiger partial charge is 0.379 e. The maximum Gasteiger partial charge on any atom is 0.271 e. The van der Waals surface area contributed by atoms with Crippen molar-refractivity contribution in [2.75, 3.05) is 20.3 Å². The predicted molar refractivity (Wildman–Crippen MR) is 77.4 cm³/mol. The summed E-state index contributed by atoms with van der Waals surface area (Å²) in [4.78, 5) is 16.8. The van der Waals surface area contributed by atoms with E-state index in [9.17, 15) is 4.79 Å². The van der Waals surface area contributed by atoms with Crippen molar-refractivity contribution in [3.05, 3.63) is 35.8 Å². The Bertz CT molecular complexity index is 653. The summed E-state index contributed by atoms with van der Waals surface area (Å²) in [6.45, 7) is 3.12. The molecule has 1 aliphatic heterocycles.